The van der Waals surface area contributed by atoms with E-state index in [2.05, 4.69) is 0 Å². The Morgan fingerprint density at radius 3 is 0.917 bits per heavy atom. The molecule has 0 radical (unpaired) electrons. The van der Waals surface area contributed by atoms with Gasteiger partial charge in [0, 0.05) is 0 Å². The van der Waals surface area contributed by atoms with Crippen molar-refractivity contribution in [3.8, 4) is 0 Å². The van der Waals surface area contributed by atoms with Gasteiger partial charge in [0.2, 0.25) is 0 Å². The van der Waals surface area contributed by atoms with Gasteiger partial charge in [-0.2, -0.15) is 0 Å². The second-order valence-corrected chi connectivity index (χ2v) is 2.95. The van der Waals surface area contributed by atoms with E-state index in [-0.39, 0.29) is 56.4 Å². The molecule has 12 heavy (non-hydrogen) atoms. The van der Waals surface area contributed by atoms with E-state index in [9.17, 15) is 0 Å². The molecule has 0 unspecified atom stereocenters. The fourth-order valence-corrected chi connectivity index (χ4v) is 0. The first-order valence-electron chi connectivity index (χ1n) is 1.53. The molecular weight excluding hydrogens is 306 g/mol. The molecule has 12 heteroatoms. The van der Waals surface area contributed by atoms with Crippen LogP contribution in [0.1, 0.15) is 0 Å². The maximum absolute atomic E-state index is 8.88. The second kappa shape index (κ2) is 9.47. The maximum Gasteiger partial charge on any atom is 2.00 e. The van der Waals surface area contributed by atoms with Crippen LogP contribution in [0.25, 0.3) is 0 Å². The summed E-state index contributed by atoms with van der Waals surface area (Å²) < 4.78 is 17.5. The van der Waals surface area contributed by atoms with Gasteiger partial charge in [0.05, 0.1) is 7.82 Å². The van der Waals surface area contributed by atoms with E-state index in [1.54, 1.807) is 0 Å². The summed E-state index contributed by atoms with van der Waals surface area (Å²) in [5.41, 5.74) is 0. The molecule has 0 aliphatic carbocycles. The summed E-state index contributed by atoms with van der Waals surface area (Å²) in [6.45, 7) is 0. The molecule has 0 heterocycles. The Bertz CT molecular complexity index is 129. The van der Waals surface area contributed by atoms with Crippen LogP contribution in [-0.4, -0.2) is 76.0 Å². The zero-order valence-corrected chi connectivity index (χ0v) is 10.3. The van der Waals surface area contributed by atoms with Gasteiger partial charge in [-0.3, -0.25) is 0 Å². The number of rotatable bonds is 0. The standard InChI is InChI=1S/2H3O4P.H4Si.Sr/c2*1-5(2,3)4;;/h2*(H3,1,2,3,4);1H4;/q;;;+2/p-2. The van der Waals surface area contributed by atoms with Crippen molar-refractivity contribution < 1.29 is 38.5 Å². The number of hydrogen-bond donors (Lipinski definition) is 4. The summed E-state index contributed by atoms with van der Waals surface area (Å²) in [5, 5.41) is 0. The molecular formula is H8O8P2SiSr. The van der Waals surface area contributed by atoms with Crippen LogP contribution in [0, 0.1) is 0 Å². The molecule has 0 saturated carbocycles. The van der Waals surface area contributed by atoms with Crippen LogP contribution in [0.4, 0.5) is 0 Å². The van der Waals surface area contributed by atoms with Gasteiger partial charge in [0.15, 0.2) is 0 Å². The summed E-state index contributed by atoms with van der Waals surface area (Å²) in [6, 6.07) is 0. The summed E-state index contributed by atoms with van der Waals surface area (Å²) in [5.74, 6) is 0. The molecule has 0 aromatic carbocycles. The van der Waals surface area contributed by atoms with Gasteiger partial charge in [0.1, 0.15) is 0 Å². The third-order valence-corrected chi connectivity index (χ3v) is 0. The monoisotopic (exact) mass is 314 g/mol. The third-order valence-electron chi connectivity index (χ3n) is 0. The first-order valence-corrected chi connectivity index (χ1v) is 4.59. The molecule has 0 bridgehead atoms. The van der Waals surface area contributed by atoms with Crippen LogP contribution in [0.15, 0.2) is 0 Å². The minimum absolute atomic E-state index is 0. The van der Waals surface area contributed by atoms with Gasteiger partial charge in [-0.15, -0.1) is 0 Å². The van der Waals surface area contributed by atoms with Crippen molar-refractivity contribution in [1.29, 1.82) is 0 Å². The average molecular weight is 314 g/mol. The molecule has 0 spiro atoms. The number of hydrogen-bond acceptors (Lipinski definition) is 4. The van der Waals surface area contributed by atoms with E-state index in [1.165, 1.54) is 0 Å². The first-order chi connectivity index (χ1) is 4.00. The van der Waals surface area contributed by atoms with Crippen LogP contribution >= 0.6 is 15.6 Å². The van der Waals surface area contributed by atoms with E-state index < -0.39 is 15.6 Å². The van der Waals surface area contributed by atoms with Gasteiger partial charge in [-0.05, 0) is 11.0 Å². The van der Waals surface area contributed by atoms with Gasteiger partial charge in [-0.25, -0.2) is 4.57 Å². The van der Waals surface area contributed by atoms with Crippen LogP contribution in [-0.2, 0) is 9.13 Å². The Kier molecular flexibility index (Phi) is 18.6. The fraction of sp³-hybridized carbons (Fsp3) is 0. The molecule has 4 N–H and O–H groups in total. The molecule has 0 atom stereocenters. The van der Waals surface area contributed by atoms with Gasteiger partial charge < -0.3 is 33.9 Å². The molecule has 0 aromatic rings. The van der Waals surface area contributed by atoms with Crippen molar-refractivity contribution in [2.24, 2.45) is 0 Å². The second-order valence-electron chi connectivity index (χ2n) is 0.982. The Balaban J connectivity index is -0.0000000457. The minimum atomic E-state index is -5.14. The number of phosphoric acid groups is 2. The van der Waals surface area contributed by atoms with Crippen LogP contribution in [0.2, 0.25) is 0 Å². The summed E-state index contributed by atoms with van der Waals surface area (Å²) >= 11 is 0. The summed E-state index contributed by atoms with van der Waals surface area (Å²) in [7, 11) is -9.78. The summed E-state index contributed by atoms with van der Waals surface area (Å²) in [6.07, 6.45) is 0. The molecule has 0 rings (SSSR count). The predicted molar refractivity (Wildman–Crippen MR) is 41.2 cm³/mol. The Morgan fingerprint density at radius 1 is 0.917 bits per heavy atom. The Hall–Kier alpha value is 1.92. The first kappa shape index (κ1) is 23.6. The zero-order valence-electron chi connectivity index (χ0n) is 5.02. The van der Waals surface area contributed by atoms with E-state index in [0.29, 0.717) is 0 Å². The Morgan fingerprint density at radius 2 is 0.917 bits per heavy atom. The van der Waals surface area contributed by atoms with Gasteiger partial charge in [-0.1, -0.05) is 0 Å². The van der Waals surface area contributed by atoms with Gasteiger partial charge >= 0.3 is 53.3 Å². The maximum atomic E-state index is 8.88. The molecule has 0 amide bonds. The van der Waals surface area contributed by atoms with Gasteiger partial charge in [0.25, 0.3) is 0 Å². The third kappa shape index (κ3) is 386. The molecule has 0 fully saturated rings. The zero-order chi connectivity index (χ0) is 9.00. The van der Waals surface area contributed by atoms with Crippen molar-refractivity contribution in [3.05, 3.63) is 0 Å². The summed E-state index contributed by atoms with van der Waals surface area (Å²) in [4.78, 5) is 45.8. The predicted octanol–water partition coefficient (Wildman–Crippen LogP) is -4.95. The molecule has 0 aliphatic rings. The van der Waals surface area contributed by atoms with Crippen molar-refractivity contribution in [3.63, 3.8) is 0 Å². The van der Waals surface area contributed by atoms with Crippen molar-refractivity contribution >= 4 is 72.1 Å². The normalized spacial score (nSPS) is 9.83. The topological polar surface area (TPSA) is 161 Å². The molecule has 0 aromatic heterocycles. The van der Waals surface area contributed by atoms with E-state index in [4.69, 9.17) is 38.5 Å². The van der Waals surface area contributed by atoms with E-state index >= 15 is 0 Å². The van der Waals surface area contributed by atoms with Crippen molar-refractivity contribution in [1.82, 2.24) is 0 Å². The molecule has 8 nitrogen and oxygen atoms in total. The van der Waals surface area contributed by atoms with E-state index in [1.807, 2.05) is 0 Å². The van der Waals surface area contributed by atoms with Crippen molar-refractivity contribution in [2.45, 2.75) is 0 Å². The molecule has 0 aliphatic heterocycles. The van der Waals surface area contributed by atoms with E-state index in [0.717, 1.165) is 0 Å². The quantitative estimate of drug-likeness (QED) is 0.255. The van der Waals surface area contributed by atoms with Crippen LogP contribution in [0.5, 0.6) is 0 Å². The smallest absolute Gasteiger partial charge is 0.790 e. The Labute approximate surface area is 109 Å². The molecule has 72 valence electrons. The van der Waals surface area contributed by atoms with Crippen LogP contribution < -0.4 is 9.79 Å². The largest absolute Gasteiger partial charge is 2.00 e. The SMILES string of the molecule is O=P(O)(O)O.O=P([O-])([O-])O.[SiH4].[Sr+2]. The fourth-order valence-electron chi connectivity index (χ4n) is 0. The minimum Gasteiger partial charge on any atom is -0.790 e. The van der Waals surface area contributed by atoms with Crippen LogP contribution in [0.3, 0.4) is 0 Å². The molecule has 0 saturated heterocycles. The van der Waals surface area contributed by atoms with Crippen molar-refractivity contribution in [2.75, 3.05) is 0 Å². The average Bonchev–Trinajstić information content (AvgIpc) is 1.12.